The third-order valence-corrected chi connectivity index (χ3v) is 8.03. The van der Waals surface area contributed by atoms with E-state index >= 15 is 0 Å². The van der Waals surface area contributed by atoms with Gasteiger partial charge in [-0.05, 0) is 37.3 Å². The number of esters is 1. The molecule has 33 heavy (non-hydrogen) atoms. The zero-order chi connectivity index (χ0) is 24.4. The maximum Gasteiger partial charge on any atom is 0.321 e. The fraction of sp³-hybridized carbons (Fsp3) is 0.300. The van der Waals surface area contributed by atoms with Crippen molar-refractivity contribution in [3.8, 4) is 0 Å². The Balaban J connectivity index is 1.73. The van der Waals surface area contributed by atoms with E-state index < -0.39 is 43.3 Å². The van der Waals surface area contributed by atoms with E-state index in [1.165, 1.54) is 38.4 Å². The molecule has 10 nitrogen and oxygen atoms in total. The first-order valence-electron chi connectivity index (χ1n) is 9.79. The average molecular weight is 499 g/mol. The lowest BCUT2D eigenvalue weighted by Crippen LogP contribution is -2.31. The molecule has 0 atom stereocenters. The molecule has 0 unspecified atom stereocenters. The molecule has 0 saturated carbocycles. The van der Waals surface area contributed by atoms with E-state index in [0.29, 0.717) is 23.4 Å². The van der Waals surface area contributed by atoms with E-state index in [-0.39, 0.29) is 11.5 Å². The molecule has 0 aliphatic carbocycles. The van der Waals surface area contributed by atoms with Gasteiger partial charge in [0.25, 0.3) is 0 Å². The van der Waals surface area contributed by atoms with Crippen molar-refractivity contribution in [2.24, 2.45) is 0 Å². The first kappa shape index (κ1) is 24.8. The molecule has 3 aromatic rings. The lowest BCUT2D eigenvalue weighted by Gasteiger charge is -2.11. The van der Waals surface area contributed by atoms with Crippen LogP contribution in [-0.2, 0) is 42.7 Å². The van der Waals surface area contributed by atoms with E-state index in [9.17, 15) is 26.0 Å². The van der Waals surface area contributed by atoms with Crippen LogP contribution in [0.3, 0.4) is 0 Å². The molecule has 1 heterocycles. The number of aryl methyl sites for hydroxylation is 1. The second-order valence-electron chi connectivity index (χ2n) is 7.13. The number of hydrogen-bond donors (Lipinski definition) is 1. The highest BCUT2D eigenvalue weighted by molar-refractivity contribution is 7.89. The molecule has 0 amide bonds. The number of nitrogens with zero attached hydrogens (tertiary/aromatic N) is 3. The van der Waals surface area contributed by atoms with Gasteiger partial charge in [-0.15, -0.1) is 0 Å². The van der Waals surface area contributed by atoms with Gasteiger partial charge in [-0.2, -0.15) is 4.72 Å². The van der Waals surface area contributed by atoms with Crippen molar-refractivity contribution in [3.63, 3.8) is 0 Å². The predicted molar refractivity (Wildman–Crippen MR) is 118 cm³/mol. The van der Waals surface area contributed by atoms with Crippen molar-refractivity contribution in [2.45, 2.75) is 29.9 Å². The van der Waals surface area contributed by atoms with Crippen molar-refractivity contribution in [3.05, 3.63) is 54.1 Å². The van der Waals surface area contributed by atoms with Crippen LogP contribution in [0.25, 0.3) is 11.0 Å². The molecule has 0 fully saturated rings. The molecule has 0 radical (unpaired) electrons. The van der Waals surface area contributed by atoms with Crippen molar-refractivity contribution >= 4 is 37.0 Å². The molecular weight excluding hydrogens is 475 g/mol. The van der Waals surface area contributed by atoms with Gasteiger partial charge in [-0.25, -0.2) is 30.5 Å². The number of imidazole rings is 1. The van der Waals surface area contributed by atoms with E-state index in [1.807, 2.05) is 11.6 Å². The van der Waals surface area contributed by atoms with Crippen LogP contribution >= 0.6 is 0 Å². The first-order valence-corrected chi connectivity index (χ1v) is 12.7. The lowest BCUT2D eigenvalue weighted by molar-refractivity contribution is -0.143. The number of rotatable bonds is 9. The number of halogens is 1. The molecule has 178 valence electrons. The van der Waals surface area contributed by atoms with Crippen LogP contribution < -0.4 is 4.72 Å². The first-order chi connectivity index (χ1) is 15.5. The van der Waals surface area contributed by atoms with Gasteiger partial charge in [0.2, 0.25) is 20.0 Å². The number of benzene rings is 2. The highest BCUT2D eigenvalue weighted by Crippen LogP contribution is 2.22. The zero-order valence-corrected chi connectivity index (χ0v) is 19.8. The summed E-state index contributed by atoms with van der Waals surface area (Å²) in [4.78, 5) is 16.0. The number of sulfonamides is 2. The second kappa shape index (κ2) is 9.55. The summed E-state index contributed by atoms with van der Waals surface area (Å²) in [5, 5.41) is 0. The Morgan fingerprint density at radius 3 is 2.48 bits per heavy atom. The Kier molecular flexibility index (Phi) is 7.17. The number of nitrogens with one attached hydrogen (secondary N) is 1. The van der Waals surface area contributed by atoms with Gasteiger partial charge in [-0.1, -0.05) is 12.1 Å². The Morgan fingerprint density at radius 1 is 1.15 bits per heavy atom. The molecule has 2 aromatic carbocycles. The summed E-state index contributed by atoms with van der Waals surface area (Å²) in [5.74, 6) is -1.47. The molecule has 0 spiro atoms. The van der Waals surface area contributed by atoms with Crippen LogP contribution in [0.2, 0.25) is 0 Å². The molecule has 0 bridgehead atoms. The molecule has 0 aliphatic rings. The summed E-state index contributed by atoms with van der Waals surface area (Å²) in [6, 6.07) is 9.32. The fourth-order valence-electron chi connectivity index (χ4n) is 3.08. The Morgan fingerprint density at radius 2 is 1.85 bits per heavy atom. The summed E-state index contributed by atoms with van der Waals surface area (Å²) < 4.78 is 72.8. The standard InChI is InChI=1S/C20H23FN4O6S2/c1-4-25-17-10-9-14(33(29,30)24(2)3)11-16(17)23-19(25)13-31-20(26)12-22-32(27,28)18-8-6-5-7-15(18)21/h5-11,22H,4,12-13H2,1-3H3. The molecule has 0 saturated heterocycles. The predicted octanol–water partition coefficient (Wildman–Crippen LogP) is 1.47. The fourth-order valence-corrected chi connectivity index (χ4v) is 5.05. The topological polar surface area (TPSA) is 128 Å². The summed E-state index contributed by atoms with van der Waals surface area (Å²) >= 11 is 0. The Labute approximate surface area is 191 Å². The molecule has 1 aromatic heterocycles. The van der Waals surface area contributed by atoms with Gasteiger partial charge in [-0.3, -0.25) is 4.79 Å². The van der Waals surface area contributed by atoms with Crippen LogP contribution in [0, 0.1) is 5.82 Å². The molecule has 3 rings (SSSR count). The largest absolute Gasteiger partial charge is 0.457 e. The number of ether oxygens (including phenoxy) is 1. The Bertz CT molecular complexity index is 1400. The summed E-state index contributed by atoms with van der Waals surface area (Å²) in [5.41, 5.74) is 1.06. The van der Waals surface area contributed by atoms with Crippen molar-refractivity contribution < 1.29 is 30.8 Å². The lowest BCUT2D eigenvalue weighted by atomic mass is 10.3. The van der Waals surface area contributed by atoms with Gasteiger partial charge in [0.15, 0.2) is 0 Å². The van der Waals surface area contributed by atoms with Crippen LogP contribution in [0.1, 0.15) is 12.7 Å². The average Bonchev–Trinajstić information content (AvgIpc) is 3.13. The van der Waals surface area contributed by atoms with E-state index in [2.05, 4.69) is 4.98 Å². The van der Waals surface area contributed by atoms with Gasteiger partial charge in [0.05, 0.1) is 15.9 Å². The van der Waals surface area contributed by atoms with E-state index in [0.717, 1.165) is 16.4 Å². The monoisotopic (exact) mass is 498 g/mol. The number of carbonyl (C=O) groups excluding carboxylic acids is 1. The number of hydrogen-bond acceptors (Lipinski definition) is 7. The minimum absolute atomic E-state index is 0.0758. The van der Waals surface area contributed by atoms with Crippen molar-refractivity contribution in [2.75, 3.05) is 20.6 Å². The number of fused-ring (bicyclic) bond motifs is 1. The van der Waals surface area contributed by atoms with Crippen LogP contribution in [0.4, 0.5) is 4.39 Å². The third kappa shape index (κ3) is 5.21. The maximum atomic E-state index is 13.7. The van der Waals surface area contributed by atoms with Crippen molar-refractivity contribution in [1.82, 2.24) is 18.6 Å². The quantitative estimate of drug-likeness (QED) is 0.443. The number of aromatic nitrogens is 2. The SMILES string of the molecule is CCn1c(COC(=O)CNS(=O)(=O)c2ccccc2F)nc2cc(S(=O)(=O)N(C)C)ccc21. The van der Waals surface area contributed by atoms with Crippen molar-refractivity contribution in [1.29, 1.82) is 0 Å². The highest BCUT2D eigenvalue weighted by atomic mass is 32.2. The third-order valence-electron chi connectivity index (χ3n) is 4.79. The molecule has 13 heteroatoms. The van der Waals surface area contributed by atoms with Gasteiger partial charge >= 0.3 is 5.97 Å². The minimum atomic E-state index is -4.24. The Hall–Kier alpha value is -2.87. The normalized spacial score (nSPS) is 12.4. The maximum absolute atomic E-state index is 13.7. The summed E-state index contributed by atoms with van der Waals surface area (Å²) in [6.45, 7) is 1.36. The molecule has 1 N–H and O–H groups in total. The van der Waals surface area contributed by atoms with Crippen LogP contribution in [0.5, 0.6) is 0 Å². The minimum Gasteiger partial charge on any atom is -0.457 e. The van der Waals surface area contributed by atoms with E-state index in [1.54, 1.807) is 10.6 Å². The smallest absolute Gasteiger partial charge is 0.321 e. The van der Waals surface area contributed by atoms with Crippen LogP contribution in [0.15, 0.2) is 52.3 Å². The molecular formula is C20H23FN4O6S2. The number of carbonyl (C=O) groups is 1. The van der Waals surface area contributed by atoms with Gasteiger partial charge in [0.1, 0.15) is 29.7 Å². The summed E-state index contributed by atoms with van der Waals surface area (Å²) in [6.07, 6.45) is 0. The second-order valence-corrected chi connectivity index (χ2v) is 11.0. The van der Waals surface area contributed by atoms with E-state index in [4.69, 9.17) is 4.74 Å². The van der Waals surface area contributed by atoms with Crippen LogP contribution in [-0.4, -0.2) is 57.3 Å². The highest BCUT2D eigenvalue weighted by Gasteiger charge is 2.22. The van der Waals surface area contributed by atoms with Gasteiger partial charge < -0.3 is 9.30 Å². The van der Waals surface area contributed by atoms with Gasteiger partial charge in [0, 0.05) is 20.6 Å². The zero-order valence-electron chi connectivity index (χ0n) is 18.1. The summed E-state index contributed by atoms with van der Waals surface area (Å²) in [7, 11) is -5.03. The molecule has 0 aliphatic heterocycles.